The molecule has 1 fully saturated rings. The minimum absolute atomic E-state index is 0.0245. The second-order valence-electron chi connectivity index (χ2n) is 5.03. The van der Waals surface area contributed by atoms with Crippen molar-refractivity contribution in [2.45, 2.75) is 32.5 Å². The Labute approximate surface area is 131 Å². The van der Waals surface area contributed by atoms with Crippen LogP contribution in [0.1, 0.15) is 25.6 Å². The van der Waals surface area contributed by atoms with Crippen LogP contribution in [0.3, 0.4) is 0 Å². The van der Waals surface area contributed by atoms with Crippen molar-refractivity contribution in [2.24, 2.45) is 0 Å². The molecule has 0 spiro atoms. The van der Waals surface area contributed by atoms with E-state index in [4.69, 9.17) is 11.6 Å². The number of carbonyl (C=O) groups is 2. The maximum atomic E-state index is 12.5. The Morgan fingerprint density at radius 1 is 1.50 bits per heavy atom. The van der Waals surface area contributed by atoms with Gasteiger partial charge in [-0.25, -0.2) is 4.68 Å². The van der Waals surface area contributed by atoms with E-state index >= 15 is 0 Å². The molecule has 0 atom stereocenters. The number of aromatic nitrogens is 2. The van der Waals surface area contributed by atoms with Crippen molar-refractivity contribution >= 4 is 23.4 Å². The van der Waals surface area contributed by atoms with Gasteiger partial charge >= 0.3 is 6.55 Å². The Hall–Kier alpha value is -1.70. The van der Waals surface area contributed by atoms with Crippen molar-refractivity contribution < 1.29 is 18.4 Å². The molecule has 1 saturated heterocycles. The normalized spacial score (nSPS) is 15.0. The van der Waals surface area contributed by atoms with Gasteiger partial charge < -0.3 is 9.80 Å². The highest BCUT2D eigenvalue weighted by molar-refractivity contribution is 6.27. The molecule has 2 amide bonds. The highest BCUT2D eigenvalue weighted by atomic mass is 35.5. The first-order valence-electron chi connectivity index (χ1n) is 6.91. The number of halogens is 3. The zero-order chi connectivity index (χ0) is 16.3. The fourth-order valence-electron chi connectivity index (χ4n) is 2.32. The third-order valence-corrected chi connectivity index (χ3v) is 3.82. The summed E-state index contributed by atoms with van der Waals surface area (Å²) < 4.78 is 25.6. The van der Waals surface area contributed by atoms with Gasteiger partial charge in [0.2, 0.25) is 11.8 Å². The summed E-state index contributed by atoms with van der Waals surface area (Å²) in [6.45, 7) is 0.0287. The zero-order valence-electron chi connectivity index (χ0n) is 12.1. The first-order chi connectivity index (χ1) is 10.5. The van der Waals surface area contributed by atoms with Gasteiger partial charge in [0.1, 0.15) is 5.88 Å². The van der Waals surface area contributed by atoms with Crippen LogP contribution in [0.2, 0.25) is 0 Å². The molecule has 1 aliphatic rings. The molecule has 2 heterocycles. The predicted octanol–water partition coefficient (Wildman–Crippen LogP) is 1.47. The molecule has 1 aromatic rings. The van der Waals surface area contributed by atoms with Crippen LogP contribution >= 0.6 is 11.6 Å². The molecule has 122 valence electrons. The smallest absolute Gasteiger partial charge is 0.333 e. The fourth-order valence-corrected chi connectivity index (χ4v) is 2.48. The molecule has 9 heteroatoms. The van der Waals surface area contributed by atoms with E-state index < -0.39 is 6.55 Å². The minimum Gasteiger partial charge on any atom is -0.338 e. The van der Waals surface area contributed by atoms with Crippen LogP contribution in [-0.2, 0) is 16.1 Å². The summed E-state index contributed by atoms with van der Waals surface area (Å²) in [4.78, 5) is 26.6. The molecule has 0 saturated carbocycles. The summed E-state index contributed by atoms with van der Waals surface area (Å²) >= 11 is 5.60. The number of rotatable bonds is 6. The van der Waals surface area contributed by atoms with E-state index in [-0.39, 0.29) is 30.3 Å². The van der Waals surface area contributed by atoms with Gasteiger partial charge in [0.25, 0.3) is 0 Å². The molecule has 0 aliphatic carbocycles. The second kappa shape index (κ2) is 7.04. The minimum atomic E-state index is -2.72. The number of likely N-dealkylation sites (tertiary alicyclic amines) is 1. The van der Waals surface area contributed by atoms with Gasteiger partial charge in [-0.05, 0) is 6.07 Å². The zero-order valence-corrected chi connectivity index (χ0v) is 12.8. The van der Waals surface area contributed by atoms with Crippen LogP contribution in [0, 0.1) is 0 Å². The number of hydrogen-bond acceptors (Lipinski definition) is 3. The lowest BCUT2D eigenvalue weighted by Gasteiger charge is -2.45. The molecular weight excluding hydrogens is 318 g/mol. The lowest BCUT2D eigenvalue weighted by Crippen LogP contribution is -2.62. The van der Waals surface area contributed by atoms with E-state index in [0.717, 1.165) is 6.20 Å². The van der Waals surface area contributed by atoms with Gasteiger partial charge in [-0.2, -0.15) is 13.9 Å². The maximum absolute atomic E-state index is 12.5. The highest BCUT2D eigenvalue weighted by Crippen LogP contribution is 2.19. The SMILES string of the molecule is CCC(=O)N1CC(N(Cc2ccn(C(F)F)n2)C(=O)CCl)C1. The van der Waals surface area contributed by atoms with E-state index in [9.17, 15) is 18.4 Å². The standard InChI is InChI=1S/C13H17ClF2N4O2/c1-2-11(21)18-7-10(8-18)19(12(22)5-14)6-9-3-4-20(17-9)13(15)16/h3-4,10,13H,2,5-8H2,1H3. The molecule has 0 radical (unpaired) electrons. The first-order valence-corrected chi connectivity index (χ1v) is 7.45. The summed E-state index contributed by atoms with van der Waals surface area (Å²) in [5, 5.41) is 3.73. The lowest BCUT2D eigenvalue weighted by molar-refractivity contribution is -0.145. The summed E-state index contributed by atoms with van der Waals surface area (Å²) in [6.07, 6.45) is 1.58. The third kappa shape index (κ3) is 3.55. The van der Waals surface area contributed by atoms with Crippen molar-refractivity contribution in [3.63, 3.8) is 0 Å². The number of carbonyl (C=O) groups excluding carboxylic acids is 2. The van der Waals surface area contributed by atoms with Gasteiger partial charge in [-0.1, -0.05) is 6.92 Å². The lowest BCUT2D eigenvalue weighted by atomic mass is 10.1. The number of amides is 2. The average molecular weight is 335 g/mol. The Morgan fingerprint density at radius 2 is 2.18 bits per heavy atom. The van der Waals surface area contributed by atoms with Crippen LogP contribution in [0.15, 0.2) is 12.3 Å². The quantitative estimate of drug-likeness (QED) is 0.740. The van der Waals surface area contributed by atoms with Crippen molar-refractivity contribution in [2.75, 3.05) is 19.0 Å². The topological polar surface area (TPSA) is 58.4 Å². The number of nitrogens with zero attached hydrogens (tertiary/aromatic N) is 4. The molecule has 6 nitrogen and oxygen atoms in total. The van der Waals surface area contributed by atoms with Crippen LogP contribution in [0.4, 0.5) is 8.78 Å². The molecule has 0 aromatic carbocycles. The summed E-state index contributed by atoms with van der Waals surface area (Å²) in [5.74, 6) is -0.480. The molecule has 2 rings (SSSR count). The van der Waals surface area contributed by atoms with Gasteiger partial charge in [0.05, 0.1) is 18.3 Å². The van der Waals surface area contributed by atoms with E-state index in [1.807, 2.05) is 0 Å². The van der Waals surface area contributed by atoms with Crippen molar-refractivity contribution in [3.8, 4) is 0 Å². The largest absolute Gasteiger partial charge is 0.338 e. The molecule has 1 aromatic heterocycles. The average Bonchev–Trinajstić information content (AvgIpc) is 2.92. The van der Waals surface area contributed by atoms with Crippen molar-refractivity contribution in [3.05, 3.63) is 18.0 Å². The van der Waals surface area contributed by atoms with Gasteiger partial charge in [-0.3, -0.25) is 9.59 Å². The highest BCUT2D eigenvalue weighted by Gasteiger charge is 2.36. The van der Waals surface area contributed by atoms with Gasteiger partial charge in [0, 0.05) is 25.7 Å². The van der Waals surface area contributed by atoms with E-state index in [1.165, 1.54) is 11.0 Å². The summed E-state index contributed by atoms with van der Waals surface area (Å²) in [7, 11) is 0. The fraction of sp³-hybridized carbons (Fsp3) is 0.615. The maximum Gasteiger partial charge on any atom is 0.333 e. The summed E-state index contributed by atoms with van der Waals surface area (Å²) in [5.41, 5.74) is 0.360. The van der Waals surface area contributed by atoms with Crippen molar-refractivity contribution in [1.82, 2.24) is 19.6 Å². The van der Waals surface area contributed by atoms with Gasteiger partial charge in [0.15, 0.2) is 0 Å². The molecule has 1 aliphatic heterocycles. The molecule has 0 N–H and O–H groups in total. The third-order valence-electron chi connectivity index (χ3n) is 3.59. The van der Waals surface area contributed by atoms with Crippen LogP contribution in [-0.4, -0.2) is 56.4 Å². The van der Waals surface area contributed by atoms with Crippen LogP contribution in [0.25, 0.3) is 0 Å². The van der Waals surface area contributed by atoms with Gasteiger partial charge in [-0.15, -0.1) is 11.6 Å². The van der Waals surface area contributed by atoms with Crippen LogP contribution < -0.4 is 0 Å². The Kier molecular flexibility index (Phi) is 5.33. The van der Waals surface area contributed by atoms with E-state index in [0.29, 0.717) is 29.9 Å². The Bertz CT molecular complexity index is 546. The molecule has 0 unspecified atom stereocenters. The first kappa shape index (κ1) is 16.7. The monoisotopic (exact) mass is 334 g/mol. The molecule has 22 heavy (non-hydrogen) atoms. The Balaban J connectivity index is 2.01. The molecule has 0 bridgehead atoms. The van der Waals surface area contributed by atoms with E-state index in [2.05, 4.69) is 5.10 Å². The summed E-state index contributed by atoms with van der Waals surface area (Å²) in [6, 6.07) is 1.28. The van der Waals surface area contributed by atoms with Crippen molar-refractivity contribution in [1.29, 1.82) is 0 Å². The second-order valence-corrected chi connectivity index (χ2v) is 5.29. The number of alkyl halides is 3. The molecular formula is C13H17ClF2N4O2. The predicted molar refractivity (Wildman–Crippen MR) is 75.4 cm³/mol. The number of hydrogen-bond donors (Lipinski definition) is 0. The van der Waals surface area contributed by atoms with E-state index in [1.54, 1.807) is 11.8 Å². The van der Waals surface area contributed by atoms with Crippen LogP contribution in [0.5, 0.6) is 0 Å². The Morgan fingerprint density at radius 3 is 2.68 bits per heavy atom.